The van der Waals surface area contributed by atoms with Crippen LogP contribution in [0.2, 0.25) is 0 Å². The van der Waals surface area contributed by atoms with Gasteiger partial charge in [0.2, 0.25) is 10.0 Å². The molecule has 0 unspecified atom stereocenters. The molecule has 0 radical (unpaired) electrons. The van der Waals surface area contributed by atoms with Gasteiger partial charge in [-0.25, -0.2) is 17.8 Å². The van der Waals surface area contributed by atoms with E-state index in [1.807, 2.05) is 0 Å². The lowest BCUT2D eigenvalue weighted by atomic mass is 10.3. The minimum absolute atomic E-state index is 0.0701. The number of sulfonamides is 1. The van der Waals surface area contributed by atoms with Crippen LogP contribution in [0.4, 0.5) is 5.69 Å². The molecule has 0 atom stereocenters. The van der Waals surface area contributed by atoms with Gasteiger partial charge in [0, 0.05) is 6.04 Å². The summed E-state index contributed by atoms with van der Waals surface area (Å²) < 4.78 is 28.7. The molecule has 1 heterocycles. The molecule has 0 amide bonds. The van der Waals surface area contributed by atoms with Gasteiger partial charge in [0.15, 0.2) is 0 Å². The smallest absolute Gasteiger partial charge is 0.242 e. The van der Waals surface area contributed by atoms with Gasteiger partial charge in [-0.15, -0.1) is 0 Å². The van der Waals surface area contributed by atoms with Crippen molar-refractivity contribution in [3.63, 3.8) is 0 Å². The molecule has 0 aliphatic heterocycles. The topological polar surface area (TPSA) is 90.0 Å². The first-order valence-electron chi connectivity index (χ1n) is 5.98. The van der Waals surface area contributed by atoms with E-state index in [1.54, 1.807) is 30.5 Å². The average Bonchev–Trinajstić information content (AvgIpc) is 3.07. The number of nitrogens with one attached hydrogen (secondary N) is 1. The van der Waals surface area contributed by atoms with E-state index in [0.29, 0.717) is 11.4 Å². The van der Waals surface area contributed by atoms with Gasteiger partial charge in [-0.2, -0.15) is 5.10 Å². The summed E-state index contributed by atoms with van der Waals surface area (Å²) in [5.41, 5.74) is 6.60. The molecule has 1 aliphatic rings. The Hall–Kier alpha value is -1.86. The molecule has 19 heavy (non-hydrogen) atoms. The van der Waals surface area contributed by atoms with Crippen molar-refractivity contribution in [2.75, 3.05) is 5.73 Å². The highest BCUT2D eigenvalue weighted by molar-refractivity contribution is 7.89. The van der Waals surface area contributed by atoms with Crippen LogP contribution in [-0.2, 0) is 10.0 Å². The Morgan fingerprint density at radius 1 is 1.32 bits per heavy atom. The third-order valence-electron chi connectivity index (χ3n) is 2.90. The highest BCUT2D eigenvalue weighted by Crippen LogP contribution is 2.25. The number of rotatable bonds is 4. The third kappa shape index (κ3) is 2.47. The van der Waals surface area contributed by atoms with Crippen LogP contribution in [0.15, 0.2) is 41.6 Å². The van der Waals surface area contributed by atoms with Crippen molar-refractivity contribution in [3.8, 4) is 5.69 Å². The molecule has 0 spiro atoms. The zero-order valence-electron chi connectivity index (χ0n) is 10.2. The maximum atomic E-state index is 12.3. The summed E-state index contributed by atoms with van der Waals surface area (Å²) in [5.74, 6) is 0. The van der Waals surface area contributed by atoms with Gasteiger partial charge in [0.05, 0.1) is 23.8 Å². The molecule has 3 N–H and O–H groups in total. The molecule has 0 saturated heterocycles. The Kier molecular flexibility index (Phi) is 2.79. The van der Waals surface area contributed by atoms with E-state index < -0.39 is 10.0 Å². The SMILES string of the molecule is Nc1cnn(-c2ccccc2S(=O)(=O)NC2CC2)c1. The van der Waals surface area contributed by atoms with Gasteiger partial charge in [0.1, 0.15) is 4.90 Å². The van der Waals surface area contributed by atoms with Gasteiger partial charge < -0.3 is 5.73 Å². The zero-order valence-corrected chi connectivity index (χ0v) is 11.0. The standard InChI is InChI=1S/C12H14N4O2S/c13-9-7-14-16(8-9)11-3-1-2-4-12(11)19(17,18)15-10-5-6-10/h1-4,7-8,10,15H,5-6,13H2. The lowest BCUT2D eigenvalue weighted by molar-refractivity contribution is 0.580. The Morgan fingerprint density at radius 3 is 2.68 bits per heavy atom. The molecule has 1 aromatic heterocycles. The first-order chi connectivity index (χ1) is 9.06. The monoisotopic (exact) mass is 278 g/mol. The molecule has 100 valence electrons. The summed E-state index contributed by atoms with van der Waals surface area (Å²) in [6.07, 6.45) is 4.87. The fraction of sp³-hybridized carbons (Fsp3) is 0.250. The van der Waals surface area contributed by atoms with Crippen molar-refractivity contribution < 1.29 is 8.42 Å². The first-order valence-corrected chi connectivity index (χ1v) is 7.46. The molecular formula is C12H14N4O2S. The molecular weight excluding hydrogens is 264 g/mol. The number of nitrogens with zero attached hydrogens (tertiary/aromatic N) is 2. The van der Waals surface area contributed by atoms with Crippen molar-refractivity contribution in [3.05, 3.63) is 36.7 Å². The molecule has 1 saturated carbocycles. The van der Waals surface area contributed by atoms with E-state index in [0.717, 1.165) is 12.8 Å². The summed E-state index contributed by atoms with van der Waals surface area (Å²) in [4.78, 5) is 0.213. The van der Waals surface area contributed by atoms with Gasteiger partial charge >= 0.3 is 0 Å². The largest absolute Gasteiger partial charge is 0.396 e. The third-order valence-corrected chi connectivity index (χ3v) is 4.47. The van der Waals surface area contributed by atoms with E-state index in [4.69, 9.17) is 5.73 Å². The predicted octanol–water partition coefficient (Wildman–Crippen LogP) is 0.895. The molecule has 6 nitrogen and oxygen atoms in total. The van der Waals surface area contributed by atoms with Crippen LogP contribution in [0, 0.1) is 0 Å². The maximum absolute atomic E-state index is 12.3. The molecule has 7 heteroatoms. The second-order valence-corrected chi connectivity index (χ2v) is 6.26. The lowest BCUT2D eigenvalue weighted by Gasteiger charge is -2.10. The van der Waals surface area contributed by atoms with Crippen LogP contribution in [-0.4, -0.2) is 24.2 Å². The van der Waals surface area contributed by atoms with E-state index >= 15 is 0 Å². The average molecular weight is 278 g/mol. The lowest BCUT2D eigenvalue weighted by Crippen LogP contribution is -2.26. The van der Waals surface area contributed by atoms with Crippen LogP contribution in [0.25, 0.3) is 5.69 Å². The summed E-state index contributed by atoms with van der Waals surface area (Å²) >= 11 is 0. The number of benzene rings is 1. The second-order valence-electron chi connectivity index (χ2n) is 4.58. The number of para-hydroxylation sites is 1. The van der Waals surface area contributed by atoms with Crippen LogP contribution >= 0.6 is 0 Å². The molecule has 1 fully saturated rings. The van der Waals surface area contributed by atoms with Gasteiger partial charge in [-0.3, -0.25) is 0 Å². The first kappa shape index (κ1) is 12.2. The van der Waals surface area contributed by atoms with Crippen LogP contribution < -0.4 is 10.5 Å². The van der Waals surface area contributed by atoms with Gasteiger partial charge in [-0.05, 0) is 25.0 Å². The predicted molar refractivity (Wildman–Crippen MR) is 71.3 cm³/mol. The number of aromatic nitrogens is 2. The summed E-state index contributed by atoms with van der Waals surface area (Å²) in [7, 11) is -3.52. The van der Waals surface area contributed by atoms with Crippen molar-refractivity contribution in [2.24, 2.45) is 0 Å². The highest BCUT2D eigenvalue weighted by Gasteiger charge is 2.29. The normalized spacial score (nSPS) is 15.6. The van der Waals surface area contributed by atoms with Crippen molar-refractivity contribution in [1.82, 2.24) is 14.5 Å². The van der Waals surface area contributed by atoms with Gasteiger partial charge in [0.25, 0.3) is 0 Å². The number of hydrogen-bond donors (Lipinski definition) is 2. The minimum atomic E-state index is -3.52. The Balaban J connectivity index is 2.06. The van der Waals surface area contributed by atoms with Crippen molar-refractivity contribution in [2.45, 2.75) is 23.8 Å². The molecule has 1 aromatic carbocycles. The molecule has 0 bridgehead atoms. The van der Waals surface area contributed by atoms with Crippen molar-refractivity contribution >= 4 is 15.7 Å². The minimum Gasteiger partial charge on any atom is -0.396 e. The summed E-state index contributed by atoms with van der Waals surface area (Å²) in [6.45, 7) is 0. The zero-order chi connectivity index (χ0) is 13.5. The Bertz CT molecular complexity index is 704. The van der Waals surface area contributed by atoms with E-state index in [2.05, 4.69) is 9.82 Å². The summed E-state index contributed by atoms with van der Waals surface area (Å²) in [6, 6.07) is 6.80. The fourth-order valence-corrected chi connectivity index (χ4v) is 3.32. The Labute approximate surface area is 111 Å². The quantitative estimate of drug-likeness (QED) is 0.869. The Morgan fingerprint density at radius 2 is 2.05 bits per heavy atom. The van der Waals surface area contributed by atoms with Crippen molar-refractivity contribution in [1.29, 1.82) is 0 Å². The number of nitrogen functional groups attached to an aromatic ring is 1. The molecule has 3 rings (SSSR count). The molecule has 2 aromatic rings. The van der Waals surface area contributed by atoms with E-state index in [1.165, 1.54) is 10.9 Å². The summed E-state index contributed by atoms with van der Waals surface area (Å²) in [5, 5.41) is 4.05. The number of hydrogen-bond acceptors (Lipinski definition) is 4. The second kappa shape index (κ2) is 4.36. The maximum Gasteiger partial charge on any atom is 0.242 e. The highest BCUT2D eigenvalue weighted by atomic mass is 32.2. The number of nitrogens with two attached hydrogens (primary N) is 1. The molecule has 1 aliphatic carbocycles. The van der Waals surface area contributed by atoms with E-state index in [9.17, 15) is 8.42 Å². The van der Waals surface area contributed by atoms with Gasteiger partial charge in [-0.1, -0.05) is 12.1 Å². The fourth-order valence-electron chi connectivity index (χ4n) is 1.83. The van der Waals surface area contributed by atoms with Crippen LogP contribution in [0.3, 0.4) is 0 Å². The van der Waals surface area contributed by atoms with Crippen LogP contribution in [0.1, 0.15) is 12.8 Å². The van der Waals surface area contributed by atoms with E-state index in [-0.39, 0.29) is 10.9 Å². The van der Waals surface area contributed by atoms with Crippen LogP contribution in [0.5, 0.6) is 0 Å². The number of anilines is 1.